The summed E-state index contributed by atoms with van der Waals surface area (Å²) >= 11 is 0.449. The van der Waals surface area contributed by atoms with Gasteiger partial charge in [0.05, 0.1) is 0 Å². The van der Waals surface area contributed by atoms with Crippen LogP contribution in [-0.2, 0) is 6.42 Å². The number of rotatable bonds is 2. The van der Waals surface area contributed by atoms with Crippen LogP contribution in [0, 0.1) is 26.2 Å². The first-order chi connectivity index (χ1) is 12.7. The van der Waals surface area contributed by atoms with Crippen LogP contribution in [0.5, 0.6) is 0 Å². The fraction of sp³-hybridized carbons (Fsp3) is 0.320. The molecule has 0 amide bonds. The van der Waals surface area contributed by atoms with E-state index in [1.54, 1.807) is 4.44 Å². The van der Waals surface area contributed by atoms with Crippen LogP contribution in [0.25, 0.3) is 31.7 Å². The number of aryl methyl sites for hydroxylation is 3. The second-order valence-corrected chi connectivity index (χ2v) is 11.4. The summed E-state index contributed by atoms with van der Waals surface area (Å²) in [5.74, 6) is 0. The monoisotopic (exact) mass is 421 g/mol. The van der Waals surface area contributed by atoms with Crippen LogP contribution in [0.15, 0.2) is 42.6 Å². The number of nitrogens with zero attached hydrogens (tertiary/aromatic N) is 1. The Labute approximate surface area is 168 Å². The molecule has 4 rings (SSSR count). The standard InChI is InChI=1S/C25H27NSe/c1-15-9-16(2)11-19(10-15)24-21-13-20-17(3)23(14-25(4,5)6)27-22(20)12-18(21)7-8-26-24/h7-13H,14H2,1-6H3. The normalized spacial score (nSPS) is 12.2. The van der Waals surface area contributed by atoms with Crippen LogP contribution in [0.3, 0.4) is 0 Å². The second kappa shape index (κ2) is 6.62. The van der Waals surface area contributed by atoms with Gasteiger partial charge in [-0.15, -0.1) is 0 Å². The molecule has 2 aromatic heterocycles. The van der Waals surface area contributed by atoms with E-state index in [0.29, 0.717) is 19.9 Å². The molecular formula is C25H27NSe. The predicted molar refractivity (Wildman–Crippen MR) is 119 cm³/mol. The molecule has 0 fully saturated rings. The van der Waals surface area contributed by atoms with Crippen LogP contribution < -0.4 is 0 Å². The van der Waals surface area contributed by atoms with Crippen LogP contribution in [0.1, 0.15) is 41.9 Å². The number of aromatic nitrogens is 1. The predicted octanol–water partition coefficient (Wildman–Crippen LogP) is 6.63. The Kier molecular flexibility index (Phi) is 4.53. The average Bonchev–Trinajstić information content (AvgIpc) is 2.85. The quantitative estimate of drug-likeness (QED) is 0.332. The molecule has 0 atom stereocenters. The molecule has 2 heterocycles. The third-order valence-corrected chi connectivity index (χ3v) is 7.74. The van der Waals surface area contributed by atoms with Crippen molar-refractivity contribution in [1.29, 1.82) is 0 Å². The molecule has 1 nitrogen and oxygen atoms in total. The third-order valence-electron chi connectivity index (χ3n) is 5.11. The van der Waals surface area contributed by atoms with E-state index in [9.17, 15) is 0 Å². The van der Waals surface area contributed by atoms with E-state index in [4.69, 9.17) is 4.98 Å². The van der Waals surface area contributed by atoms with Gasteiger partial charge in [0, 0.05) is 0 Å². The van der Waals surface area contributed by atoms with Gasteiger partial charge >= 0.3 is 168 Å². The number of benzene rings is 2. The Bertz CT molecular complexity index is 1140. The van der Waals surface area contributed by atoms with Gasteiger partial charge in [0.25, 0.3) is 0 Å². The van der Waals surface area contributed by atoms with Crippen molar-refractivity contribution in [2.75, 3.05) is 0 Å². The molecule has 0 radical (unpaired) electrons. The van der Waals surface area contributed by atoms with Crippen molar-refractivity contribution in [1.82, 2.24) is 4.98 Å². The fourth-order valence-electron chi connectivity index (χ4n) is 3.93. The zero-order valence-corrected chi connectivity index (χ0v) is 18.8. The molecular weight excluding hydrogens is 393 g/mol. The molecule has 0 saturated heterocycles. The minimum absolute atomic E-state index is 0.339. The van der Waals surface area contributed by atoms with Crippen molar-refractivity contribution < 1.29 is 0 Å². The van der Waals surface area contributed by atoms with Crippen LogP contribution >= 0.6 is 0 Å². The van der Waals surface area contributed by atoms with Gasteiger partial charge in [0.1, 0.15) is 0 Å². The van der Waals surface area contributed by atoms with Gasteiger partial charge in [0.15, 0.2) is 0 Å². The molecule has 0 aliphatic heterocycles. The SMILES string of the molecule is Cc1cc(C)cc(-c2nccc3cc4[se]c(CC(C)(C)C)c(C)c4cc23)c1. The van der Waals surface area contributed by atoms with Gasteiger partial charge < -0.3 is 0 Å². The van der Waals surface area contributed by atoms with E-state index in [1.807, 2.05) is 6.20 Å². The number of hydrogen-bond donors (Lipinski definition) is 0. The van der Waals surface area contributed by atoms with E-state index in [1.165, 1.54) is 49.1 Å². The molecule has 138 valence electrons. The minimum atomic E-state index is 0.339. The van der Waals surface area contributed by atoms with E-state index in [0.717, 1.165) is 5.69 Å². The maximum absolute atomic E-state index is 4.78. The summed E-state index contributed by atoms with van der Waals surface area (Å²) < 4.78 is 3.19. The van der Waals surface area contributed by atoms with Gasteiger partial charge in [-0.1, -0.05) is 0 Å². The Morgan fingerprint density at radius 3 is 2.26 bits per heavy atom. The van der Waals surface area contributed by atoms with Crippen molar-refractivity contribution in [3.05, 3.63) is 63.7 Å². The summed E-state index contributed by atoms with van der Waals surface area (Å²) in [5, 5.41) is 4.03. The molecule has 0 saturated carbocycles. The maximum atomic E-state index is 4.78. The second-order valence-electron chi connectivity index (χ2n) is 8.99. The molecule has 0 aliphatic rings. The van der Waals surface area contributed by atoms with Crippen LogP contribution in [0.2, 0.25) is 0 Å². The Balaban J connectivity index is 1.96. The number of fused-ring (bicyclic) bond motifs is 2. The van der Waals surface area contributed by atoms with Gasteiger partial charge in [-0.25, -0.2) is 0 Å². The van der Waals surface area contributed by atoms with Crippen molar-refractivity contribution in [2.24, 2.45) is 5.41 Å². The summed E-state index contributed by atoms with van der Waals surface area (Å²) in [6, 6.07) is 13.7. The third kappa shape index (κ3) is 3.61. The van der Waals surface area contributed by atoms with Gasteiger partial charge in [0.2, 0.25) is 0 Å². The fourth-order valence-corrected chi connectivity index (χ4v) is 7.16. The Morgan fingerprint density at radius 1 is 0.889 bits per heavy atom. The summed E-state index contributed by atoms with van der Waals surface area (Å²) in [4.78, 5) is 4.78. The van der Waals surface area contributed by atoms with Crippen LogP contribution in [-0.4, -0.2) is 19.5 Å². The van der Waals surface area contributed by atoms with Crippen molar-refractivity contribution in [2.45, 2.75) is 48.0 Å². The van der Waals surface area contributed by atoms with Gasteiger partial charge in [-0.05, 0) is 0 Å². The van der Waals surface area contributed by atoms with Gasteiger partial charge in [-0.3, -0.25) is 0 Å². The number of pyridine rings is 1. The molecule has 0 N–H and O–H groups in total. The molecule has 2 heteroatoms. The molecule has 0 unspecified atom stereocenters. The molecule has 2 aromatic carbocycles. The first kappa shape index (κ1) is 18.5. The summed E-state index contributed by atoms with van der Waals surface area (Å²) in [6.45, 7) is 13.6. The van der Waals surface area contributed by atoms with Crippen molar-refractivity contribution in [3.63, 3.8) is 0 Å². The first-order valence-electron chi connectivity index (χ1n) is 9.61. The number of hydrogen-bond acceptors (Lipinski definition) is 1. The molecule has 0 spiro atoms. The molecule has 0 bridgehead atoms. The first-order valence-corrected chi connectivity index (χ1v) is 11.3. The Morgan fingerprint density at radius 2 is 1.59 bits per heavy atom. The zero-order chi connectivity index (χ0) is 19.3. The topological polar surface area (TPSA) is 12.9 Å². The van der Waals surface area contributed by atoms with Gasteiger partial charge in [-0.2, -0.15) is 0 Å². The average molecular weight is 420 g/mol. The molecule has 27 heavy (non-hydrogen) atoms. The van der Waals surface area contributed by atoms with E-state index >= 15 is 0 Å². The van der Waals surface area contributed by atoms with Crippen molar-refractivity contribution in [3.8, 4) is 11.3 Å². The van der Waals surface area contributed by atoms with E-state index < -0.39 is 0 Å². The Hall–Kier alpha value is -1.89. The molecule has 4 aromatic rings. The van der Waals surface area contributed by atoms with E-state index in [2.05, 4.69) is 77.9 Å². The van der Waals surface area contributed by atoms with Crippen LogP contribution in [0.4, 0.5) is 0 Å². The molecule has 0 aliphatic carbocycles. The summed E-state index contributed by atoms with van der Waals surface area (Å²) in [6.07, 6.45) is 3.14. The zero-order valence-electron chi connectivity index (χ0n) is 17.1. The summed E-state index contributed by atoms with van der Waals surface area (Å²) in [7, 11) is 0. The summed E-state index contributed by atoms with van der Waals surface area (Å²) in [5.41, 5.74) is 6.74. The van der Waals surface area contributed by atoms with Crippen molar-refractivity contribution >= 4 is 34.9 Å². The van der Waals surface area contributed by atoms with E-state index in [-0.39, 0.29) is 0 Å².